The van der Waals surface area contributed by atoms with Crippen molar-refractivity contribution in [2.45, 2.75) is 0 Å². The first-order chi connectivity index (χ1) is 10.1. The molecule has 0 heterocycles. The zero-order valence-electron chi connectivity index (χ0n) is 10.9. The lowest BCUT2D eigenvalue weighted by Crippen LogP contribution is -2.33. The molecule has 6 heteroatoms. The van der Waals surface area contributed by atoms with Gasteiger partial charge in [0.15, 0.2) is 0 Å². The van der Waals surface area contributed by atoms with Gasteiger partial charge in [0.05, 0.1) is 17.1 Å². The molecule has 0 atom stereocenters. The number of carbonyl (C=O) groups excluding carboxylic acids is 2. The van der Waals surface area contributed by atoms with Crippen LogP contribution in [0.2, 0.25) is 10.0 Å². The molecule has 108 valence electrons. The van der Waals surface area contributed by atoms with E-state index in [1.807, 2.05) is 6.07 Å². The van der Waals surface area contributed by atoms with Crippen molar-refractivity contribution in [1.29, 1.82) is 0 Å². The molecule has 2 N–H and O–H groups in total. The maximum Gasteiger partial charge on any atom is 0.253 e. The van der Waals surface area contributed by atoms with Gasteiger partial charge < -0.3 is 10.6 Å². The van der Waals surface area contributed by atoms with Crippen LogP contribution in [0.3, 0.4) is 0 Å². The second-order valence-corrected chi connectivity index (χ2v) is 5.06. The van der Waals surface area contributed by atoms with Gasteiger partial charge in [-0.3, -0.25) is 9.59 Å². The van der Waals surface area contributed by atoms with E-state index in [9.17, 15) is 9.59 Å². The Hall–Kier alpha value is -2.04. The lowest BCUT2D eigenvalue weighted by molar-refractivity contribution is -0.115. The summed E-state index contributed by atoms with van der Waals surface area (Å²) in [4.78, 5) is 23.7. The Kier molecular flexibility index (Phi) is 5.20. The van der Waals surface area contributed by atoms with Crippen LogP contribution < -0.4 is 10.6 Å². The van der Waals surface area contributed by atoms with Crippen LogP contribution in [0.15, 0.2) is 48.5 Å². The van der Waals surface area contributed by atoms with E-state index in [2.05, 4.69) is 10.6 Å². The molecule has 0 aromatic heterocycles. The minimum Gasteiger partial charge on any atom is -0.343 e. The first-order valence-corrected chi connectivity index (χ1v) is 6.90. The Morgan fingerprint density at radius 2 is 1.71 bits per heavy atom. The molecule has 2 amide bonds. The molecule has 21 heavy (non-hydrogen) atoms. The van der Waals surface area contributed by atoms with E-state index in [0.717, 1.165) is 0 Å². The first kappa shape index (κ1) is 15.4. The van der Waals surface area contributed by atoms with E-state index >= 15 is 0 Å². The van der Waals surface area contributed by atoms with Crippen molar-refractivity contribution in [1.82, 2.24) is 5.32 Å². The number of carbonyl (C=O) groups is 2. The minimum absolute atomic E-state index is 0.156. The lowest BCUT2D eigenvalue weighted by atomic mass is 10.2. The molecule has 2 rings (SSSR count). The van der Waals surface area contributed by atoms with Gasteiger partial charge in [-0.05, 0) is 30.3 Å². The van der Waals surface area contributed by atoms with E-state index in [4.69, 9.17) is 23.2 Å². The number of para-hydroxylation sites is 1. The zero-order valence-corrected chi connectivity index (χ0v) is 12.4. The highest BCUT2D eigenvalue weighted by atomic mass is 35.5. The lowest BCUT2D eigenvalue weighted by Gasteiger charge is -2.08. The van der Waals surface area contributed by atoms with Gasteiger partial charge in [0.1, 0.15) is 0 Å². The Morgan fingerprint density at radius 1 is 1.00 bits per heavy atom. The average molecular weight is 323 g/mol. The summed E-state index contributed by atoms with van der Waals surface area (Å²) in [5.41, 5.74) is 0.897. The van der Waals surface area contributed by atoms with Gasteiger partial charge in [-0.25, -0.2) is 0 Å². The molecule has 2 aromatic carbocycles. The predicted molar refractivity (Wildman–Crippen MR) is 83.9 cm³/mol. The summed E-state index contributed by atoms with van der Waals surface area (Å²) >= 11 is 11.7. The number of rotatable bonds is 4. The third-order valence-corrected chi connectivity index (χ3v) is 3.20. The standard InChI is InChI=1S/C15H12Cl2N2O2/c16-10-6-7-13(17)12(8-10)15(21)18-9-14(20)19-11-4-2-1-3-5-11/h1-8H,9H2,(H,18,21)(H,19,20). The molecule has 0 aliphatic rings. The van der Waals surface area contributed by atoms with Crippen LogP contribution in [-0.2, 0) is 4.79 Å². The first-order valence-electron chi connectivity index (χ1n) is 6.14. The monoisotopic (exact) mass is 322 g/mol. The summed E-state index contributed by atoms with van der Waals surface area (Å²) in [5.74, 6) is -0.779. The van der Waals surface area contributed by atoms with Gasteiger partial charge in [-0.1, -0.05) is 41.4 Å². The van der Waals surface area contributed by atoms with E-state index < -0.39 is 5.91 Å². The summed E-state index contributed by atoms with van der Waals surface area (Å²) in [6.45, 7) is -0.156. The molecule has 0 aliphatic carbocycles. The molecule has 0 fully saturated rings. The summed E-state index contributed by atoms with van der Waals surface area (Å²) in [6, 6.07) is 13.5. The SMILES string of the molecule is O=C(CNC(=O)c1cc(Cl)ccc1Cl)Nc1ccccc1. The quantitative estimate of drug-likeness (QED) is 0.906. The van der Waals surface area contributed by atoms with Crippen LogP contribution >= 0.6 is 23.2 Å². The maximum atomic E-state index is 11.9. The molecule has 4 nitrogen and oxygen atoms in total. The Balaban J connectivity index is 1.92. The van der Waals surface area contributed by atoms with E-state index in [-0.39, 0.29) is 23.0 Å². The largest absolute Gasteiger partial charge is 0.343 e. The molecule has 2 aromatic rings. The van der Waals surface area contributed by atoms with Crippen molar-refractivity contribution in [3.8, 4) is 0 Å². The zero-order chi connectivity index (χ0) is 15.2. The fourth-order valence-corrected chi connectivity index (χ4v) is 2.03. The Morgan fingerprint density at radius 3 is 2.43 bits per heavy atom. The number of benzene rings is 2. The molecule has 0 unspecified atom stereocenters. The van der Waals surface area contributed by atoms with Crippen molar-refractivity contribution >= 4 is 40.7 Å². The number of hydrogen-bond donors (Lipinski definition) is 2. The van der Waals surface area contributed by atoms with Crippen LogP contribution in [0.1, 0.15) is 10.4 Å². The fraction of sp³-hybridized carbons (Fsp3) is 0.0667. The van der Waals surface area contributed by atoms with Crippen molar-refractivity contribution in [3.63, 3.8) is 0 Å². The highest BCUT2D eigenvalue weighted by Crippen LogP contribution is 2.20. The van der Waals surface area contributed by atoms with Gasteiger partial charge in [0.2, 0.25) is 5.91 Å². The highest BCUT2D eigenvalue weighted by Gasteiger charge is 2.12. The third kappa shape index (κ3) is 4.48. The predicted octanol–water partition coefficient (Wildman–Crippen LogP) is 3.36. The maximum absolute atomic E-state index is 11.9. The molecule has 0 spiro atoms. The van der Waals surface area contributed by atoms with Crippen molar-refractivity contribution < 1.29 is 9.59 Å². The summed E-state index contributed by atoms with van der Waals surface area (Å²) in [6.07, 6.45) is 0. The number of halogens is 2. The number of hydrogen-bond acceptors (Lipinski definition) is 2. The van der Waals surface area contributed by atoms with Crippen LogP contribution in [0.5, 0.6) is 0 Å². The summed E-state index contributed by atoms with van der Waals surface area (Å²) in [5, 5.41) is 5.83. The third-order valence-electron chi connectivity index (χ3n) is 2.64. The smallest absolute Gasteiger partial charge is 0.253 e. The number of anilines is 1. The van der Waals surface area contributed by atoms with E-state index in [1.54, 1.807) is 30.3 Å². The van der Waals surface area contributed by atoms with Gasteiger partial charge in [-0.2, -0.15) is 0 Å². The minimum atomic E-state index is -0.453. The second-order valence-electron chi connectivity index (χ2n) is 4.22. The second kappa shape index (κ2) is 7.11. The molecule has 0 saturated carbocycles. The summed E-state index contributed by atoms with van der Waals surface area (Å²) in [7, 11) is 0. The number of nitrogens with one attached hydrogen (secondary N) is 2. The van der Waals surface area contributed by atoms with Gasteiger partial charge in [-0.15, -0.1) is 0 Å². The molecular formula is C15H12Cl2N2O2. The molecule has 0 aliphatic heterocycles. The molecule has 0 bridgehead atoms. The van der Waals surface area contributed by atoms with Crippen LogP contribution in [0.25, 0.3) is 0 Å². The molecule has 0 radical (unpaired) electrons. The number of amides is 2. The van der Waals surface area contributed by atoms with Gasteiger partial charge in [0.25, 0.3) is 5.91 Å². The van der Waals surface area contributed by atoms with Crippen LogP contribution in [0.4, 0.5) is 5.69 Å². The normalized spacial score (nSPS) is 10.0. The van der Waals surface area contributed by atoms with Crippen molar-refractivity contribution in [3.05, 3.63) is 64.1 Å². The topological polar surface area (TPSA) is 58.2 Å². The van der Waals surface area contributed by atoms with Gasteiger partial charge in [0, 0.05) is 10.7 Å². The molecule has 0 saturated heterocycles. The van der Waals surface area contributed by atoms with Crippen LogP contribution in [0, 0.1) is 0 Å². The fourth-order valence-electron chi connectivity index (χ4n) is 1.65. The van der Waals surface area contributed by atoms with E-state index in [0.29, 0.717) is 10.7 Å². The van der Waals surface area contributed by atoms with Gasteiger partial charge >= 0.3 is 0 Å². The van der Waals surface area contributed by atoms with Crippen molar-refractivity contribution in [2.24, 2.45) is 0 Å². The average Bonchev–Trinajstić information content (AvgIpc) is 2.48. The highest BCUT2D eigenvalue weighted by molar-refractivity contribution is 6.35. The summed E-state index contributed by atoms with van der Waals surface area (Å²) < 4.78 is 0. The van der Waals surface area contributed by atoms with Crippen LogP contribution in [-0.4, -0.2) is 18.4 Å². The van der Waals surface area contributed by atoms with E-state index in [1.165, 1.54) is 12.1 Å². The molecular weight excluding hydrogens is 311 g/mol. The Labute approximate surface area is 132 Å². The Bertz CT molecular complexity index is 660. The van der Waals surface area contributed by atoms with Crippen molar-refractivity contribution in [2.75, 3.05) is 11.9 Å².